The van der Waals surface area contributed by atoms with Crippen LogP contribution in [0.25, 0.3) is 0 Å². The van der Waals surface area contributed by atoms with E-state index in [0.29, 0.717) is 0 Å². The fourth-order valence-corrected chi connectivity index (χ4v) is 4.92. The molecule has 2 saturated carbocycles. The molecule has 0 unspecified atom stereocenters. The molecule has 2 fully saturated rings. The van der Waals surface area contributed by atoms with E-state index in [0.717, 1.165) is 10.8 Å². The quantitative estimate of drug-likeness (QED) is 0.559. The van der Waals surface area contributed by atoms with Crippen molar-refractivity contribution >= 4 is 0 Å². The van der Waals surface area contributed by atoms with E-state index in [2.05, 4.69) is 13.8 Å². The van der Waals surface area contributed by atoms with Crippen molar-refractivity contribution in [1.29, 1.82) is 0 Å². The van der Waals surface area contributed by atoms with Gasteiger partial charge in [0.25, 0.3) is 0 Å². The van der Waals surface area contributed by atoms with E-state index in [1.165, 1.54) is 51.4 Å². The second kappa shape index (κ2) is 5.10. The highest BCUT2D eigenvalue weighted by Crippen LogP contribution is 2.62. The maximum atomic E-state index is 2.47. The van der Waals surface area contributed by atoms with Crippen LogP contribution in [-0.4, -0.2) is 0 Å². The predicted octanol–water partition coefficient (Wildman–Crippen LogP) is 5.71. The van der Waals surface area contributed by atoms with Crippen LogP contribution in [-0.2, 0) is 0 Å². The highest BCUT2D eigenvalue weighted by atomic mass is 14.6. The Balaban J connectivity index is 2.15. The summed E-state index contributed by atoms with van der Waals surface area (Å²) >= 11 is 0. The van der Waals surface area contributed by atoms with Crippen LogP contribution < -0.4 is 0 Å². The highest BCUT2D eigenvalue weighted by molar-refractivity contribution is 5.02. The van der Waals surface area contributed by atoms with Crippen molar-refractivity contribution in [1.82, 2.24) is 0 Å². The van der Waals surface area contributed by atoms with E-state index < -0.39 is 0 Å². The summed E-state index contributed by atoms with van der Waals surface area (Å²) < 4.78 is 0. The molecule has 0 nitrogen and oxygen atoms in total. The van der Waals surface area contributed by atoms with Crippen molar-refractivity contribution in [3.05, 3.63) is 0 Å². The van der Waals surface area contributed by atoms with E-state index in [9.17, 15) is 0 Å². The van der Waals surface area contributed by atoms with Gasteiger partial charge in [-0.3, -0.25) is 0 Å². The molecule has 0 atom stereocenters. The zero-order chi connectivity index (χ0) is 11.5. The molecule has 2 rings (SSSR count). The first-order valence-corrected chi connectivity index (χ1v) is 7.79. The van der Waals surface area contributed by atoms with E-state index in [1.54, 1.807) is 25.7 Å². The predicted molar refractivity (Wildman–Crippen MR) is 71.6 cm³/mol. The molecule has 0 spiro atoms. The lowest BCUT2D eigenvalue weighted by molar-refractivity contribution is 0.0270. The first-order chi connectivity index (χ1) is 7.79. The fraction of sp³-hybridized carbons (Fsp3) is 1.00. The number of hydrogen-bond acceptors (Lipinski definition) is 0. The minimum atomic E-state index is 0.763. The summed E-state index contributed by atoms with van der Waals surface area (Å²) in [4.78, 5) is 0. The van der Waals surface area contributed by atoms with Crippen LogP contribution in [0, 0.1) is 10.8 Å². The molecule has 0 N–H and O–H groups in total. The summed E-state index contributed by atoms with van der Waals surface area (Å²) in [6.07, 6.45) is 18.1. The number of rotatable bonds is 5. The van der Waals surface area contributed by atoms with Gasteiger partial charge < -0.3 is 0 Å². The van der Waals surface area contributed by atoms with Crippen LogP contribution in [0.1, 0.15) is 90.9 Å². The van der Waals surface area contributed by atoms with E-state index in [1.807, 2.05) is 0 Å². The van der Waals surface area contributed by atoms with Crippen molar-refractivity contribution in [3.8, 4) is 0 Å². The summed E-state index contributed by atoms with van der Waals surface area (Å²) in [6, 6.07) is 0. The van der Waals surface area contributed by atoms with Gasteiger partial charge in [0.1, 0.15) is 0 Å². The van der Waals surface area contributed by atoms with Crippen LogP contribution in [0.3, 0.4) is 0 Å². The summed E-state index contributed by atoms with van der Waals surface area (Å²) in [5.41, 5.74) is 1.53. The third-order valence-corrected chi connectivity index (χ3v) is 5.93. The van der Waals surface area contributed by atoms with E-state index >= 15 is 0 Å². The topological polar surface area (TPSA) is 0 Å². The normalized spacial score (nSPS) is 27.4. The molecule has 0 bridgehead atoms. The molecule has 0 amide bonds. The molecule has 0 aromatic rings. The number of hydrogen-bond donors (Lipinski definition) is 0. The summed E-state index contributed by atoms with van der Waals surface area (Å²) in [5, 5.41) is 0. The Morgan fingerprint density at radius 1 is 0.750 bits per heavy atom. The molecule has 0 aromatic heterocycles. The molecule has 0 heteroatoms. The van der Waals surface area contributed by atoms with Crippen LogP contribution in [0.15, 0.2) is 0 Å². The maximum absolute atomic E-state index is 2.47. The SMILES string of the molecule is CCCCC1(C2(CC)CCCC2)CCCC1. The molecular weight excluding hydrogens is 192 g/mol. The minimum Gasteiger partial charge on any atom is -0.0654 e. The average Bonchev–Trinajstić information content (AvgIpc) is 2.96. The van der Waals surface area contributed by atoms with Crippen molar-refractivity contribution in [2.24, 2.45) is 10.8 Å². The summed E-state index contributed by atoms with van der Waals surface area (Å²) in [6.45, 7) is 4.83. The Labute approximate surface area is 102 Å². The van der Waals surface area contributed by atoms with Gasteiger partial charge in [0, 0.05) is 0 Å². The third-order valence-electron chi connectivity index (χ3n) is 5.93. The van der Waals surface area contributed by atoms with Gasteiger partial charge in [-0.25, -0.2) is 0 Å². The van der Waals surface area contributed by atoms with Gasteiger partial charge in [0.2, 0.25) is 0 Å². The van der Waals surface area contributed by atoms with Crippen molar-refractivity contribution in [2.75, 3.05) is 0 Å². The summed E-state index contributed by atoms with van der Waals surface area (Å²) in [7, 11) is 0. The molecule has 0 heterocycles. The maximum Gasteiger partial charge on any atom is -0.0241 e. The Hall–Kier alpha value is 0. The molecule has 2 aliphatic rings. The zero-order valence-corrected chi connectivity index (χ0v) is 11.5. The van der Waals surface area contributed by atoms with Gasteiger partial charge in [0.15, 0.2) is 0 Å². The lowest BCUT2D eigenvalue weighted by atomic mass is 9.57. The molecule has 2 aliphatic carbocycles. The van der Waals surface area contributed by atoms with Gasteiger partial charge in [-0.05, 0) is 49.4 Å². The molecule has 0 radical (unpaired) electrons. The van der Waals surface area contributed by atoms with Gasteiger partial charge in [-0.15, -0.1) is 0 Å². The molecule has 0 aliphatic heterocycles. The standard InChI is InChI=1S/C16H30/c1-3-5-10-16(13-8-9-14-16)15(4-2)11-6-7-12-15/h3-14H2,1-2H3. The van der Waals surface area contributed by atoms with E-state index in [4.69, 9.17) is 0 Å². The Bertz CT molecular complexity index is 204. The first kappa shape index (κ1) is 12.5. The lowest BCUT2D eigenvalue weighted by Gasteiger charge is -2.47. The van der Waals surface area contributed by atoms with Gasteiger partial charge >= 0.3 is 0 Å². The second-order valence-corrected chi connectivity index (χ2v) is 6.43. The fourth-order valence-electron chi connectivity index (χ4n) is 4.92. The second-order valence-electron chi connectivity index (χ2n) is 6.43. The molecular formula is C16H30. The smallest absolute Gasteiger partial charge is 0.0241 e. The molecule has 0 aromatic carbocycles. The lowest BCUT2D eigenvalue weighted by Crippen LogP contribution is -2.37. The van der Waals surface area contributed by atoms with Gasteiger partial charge in [0.05, 0.1) is 0 Å². The molecule has 16 heavy (non-hydrogen) atoms. The molecule has 0 saturated heterocycles. The van der Waals surface area contributed by atoms with Crippen LogP contribution >= 0.6 is 0 Å². The number of unbranched alkanes of at least 4 members (excludes halogenated alkanes) is 1. The zero-order valence-electron chi connectivity index (χ0n) is 11.5. The molecule has 94 valence electrons. The first-order valence-electron chi connectivity index (χ1n) is 7.79. The Kier molecular flexibility index (Phi) is 3.97. The largest absolute Gasteiger partial charge is 0.0654 e. The van der Waals surface area contributed by atoms with Crippen molar-refractivity contribution in [3.63, 3.8) is 0 Å². The highest BCUT2D eigenvalue weighted by Gasteiger charge is 2.51. The van der Waals surface area contributed by atoms with E-state index in [-0.39, 0.29) is 0 Å². The Morgan fingerprint density at radius 2 is 1.25 bits per heavy atom. The van der Waals surface area contributed by atoms with Crippen LogP contribution in [0.4, 0.5) is 0 Å². The summed E-state index contributed by atoms with van der Waals surface area (Å²) in [5.74, 6) is 0. The Morgan fingerprint density at radius 3 is 1.69 bits per heavy atom. The van der Waals surface area contributed by atoms with Crippen molar-refractivity contribution in [2.45, 2.75) is 90.9 Å². The van der Waals surface area contributed by atoms with Gasteiger partial charge in [-0.1, -0.05) is 52.4 Å². The third kappa shape index (κ3) is 1.93. The van der Waals surface area contributed by atoms with Gasteiger partial charge in [-0.2, -0.15) is 0 Å². The average molecular weight is 222 g/mol. The van der Waals surface area contributed by atoms with Crippen LogP contribution in [0.5, 0.6) is 0 Å². The monoisotopic (exact) mass is 222 g/mol. The van der Waals surface area contributed by atoms with Crippen LogP contribution in [0.2, 0.25) is 0 Å². The van der Waals surface area contributed by atoms with Crippen molar-refractivity contribution < 1.29 is 0 Å². The minimum absolute atomic E-state index is 0.763.